The molecule has 6 atom stereocenters. The van der Waals surface area contributed by atoms with Gasteiger partial charge in [-0.2, -0.15) is 0 Å². The third kappa shape index (κ3) is 8.37. The molecular formula is C24H44N4O5. The van der Waals surface area contributed by atoms with Crippen molar-refractivity contribution in [2.75, 3.05) is 34.3 Å². The first kappa shape index (κ1) is 29.0. The number of carbonyl (C=O) groups excluding carboxylic acids is 4. The SMILES string of the molecule is CCC(C)C(C(CC(=O)N1CCCC1CC(C)C=O)OC)N(C)C(=O)CNC(=O)C(C)NC. The lowest BCUT2D eigenvalue weighted by molar-refractivity contribution is -0.143. The molecule has 0 saturated carbocycles. The van der Waals surface area contributed by atoms with Gasteiger partial charge >= 0.3 is 0 Å². The van der Waals surface area contributed by atoms with E-state index in [2.05, 4.69) is 10.6 Å². The molecule has 6 unspecified atom stereocenters. The number of hydrogen-bond acceptors (Lipinski definition) is 6. The van der Waals surface area contributed by atoms with E-state index in [0.717, 1.165) is 25.5 Å². The Kier molecular flexibility index (Phi) is 12.6. The summed E-state index contributed by atoms with van der Waals surface area (Å²) in [5.41, 5.74) is 0. The Hall–Kier alpha value is -2.00. The van der Waals surface area contributed by atoms with Gasteiger partial charge in [0.2, 0.25) is 17.7 Å². The van der Waals surface area contributed by atoms with Crippen LogP contribution in [0.15, 0.2) is 0 Å². The van der Waals surface area contributed by atoms with Crippen LogP contribution in [0.25, 0.3) is 0 Å². The largest absolute Gasteiger partial charge is 0.379 e. The Labute approximate surface area is 199 Å². The van der Waals surface area contributed by atoms with Crippen molar-refractivity contribution in [3.63, 3.8) is 0 Å². The van der Waals surface area contributed by atoms with Gasteiger partial charge in [-0.05, 0) is 39.2 Å². The maximum Gasteiger partial charge on any atom is 0.242 e. The molecule has 9 nitrogen and oxygen atoms in total. The summed E-state index contributed by atoms with van der Waals surface area (Å²) in [7, 11) is 4.95. The van der Waals surface area contributed by atoms with E-state index in [4.69, 9.17) is 4.74 Å². The normalized spacial score (nSPS) is 20.5. The molecule has 1 aliphatic rings. The number of rotatable bonds is 14. The highest BCUT2D eigenvalue weighted by molar-refractivity contribution is 5.87. The van der Waals surface area contributed by atoms with Crippen LogP contribution in [0.5, 0.6) is 0 Å². The predicted molar refractivity (Wildman–Crippen MR) is 128 cm³/mol. The first-order chi connectivity index (χ1) is 15.6. The number of likely N-dealkylation sites (tertiary alicyclic amines) is 1. The van der Waals surface area contributed by atoms with Gasteiger partial charge in [-0.25, -0.2) is 0 Å². The molecule has 1 fully saturated rings. The van der Waals surface area contributed by atoms with Crippen LogP contribution in [0, 0.1) is 11.8 Å². The monoisotopic (exact) mass is 468 g/mol. The molecule has 0 aromatic carbocycles. The van der Waals surface area contributed by atoms with Gasteiger partial charge in [-0.1, -0.05) is 27.2 Å². The van der Waals surface area contributed by atoms with Crippen LogP contribution in [-0.2, 0) is 23.9 Å². The molecule has 0 radical (unpaired) electrons. The van der Waals surface area contributed by atoms with E-state index in [0.29, 0.717) is 13.0 Å². The number of carbonyl (C=O) groups is 4. The molecule has 0 aromatic heterocycles. The van der Waals surface area contributed by atoms with Crippen molar-refractivity contribution >= 4 is 24.0 Å². The fraction of sp³-hybridized carbons (Fsp3) is 0.833. The third-order valence-corrected chi connectivity index (χ3v) is 6.94. The van der Waals surface area contributed by atoms with Crippen LogP contribution in [0.1, 0.15) is 59.8 Å². The summed E-state index contributed by atoms with van der Waals surface area (Å²) in [5, 5.41) is 5.50. The summed E-state index contributed by atoms with van der Waals surface area (Å²) in [6, 6.07) is -0.640. The van der Waals surface area contributed by atoms with Crippen molar-refractivity contribution in [3.8, 4) is 0 Å². The zero-order valence-electron chi connectivity index (χ0n) is 21.4. The summed E-state index contributed by atoms with van der Waals surface area (Å²) in [5.74, 6) is -0.479. The predicted octanol–water partition coefficient (Wildman–Crippen LogP) is 1.20. The number of nitrogens with zero attached hydrogens (tertiary/aromatic N) is 2. The average Bonchev–Trinajstić information content (AvgIpc) is 3.28. The third-order valence-electron chi connectivity index (χ3n) is 6.94. The van der Waals surface area contributed by atoms with E-state index in [1.165, 1.54) is 0 Å². The van der Waals surface area contributed by atoms with Crippen LogP contribution < -0.4 is 10.6 Å². The van der Waals surface area contributed by atoms with E-state index in [-0.39, 0.29) is 54.6 Å². The van der Waals surface area contributed by atoms with Gasteiger partial charge in [0.25, 0.3) is 0 Å². The maximum atomic E-state index is 13.2. The second kappa shape index (κ2) is 14.3. The fourth-order valence-corrected chi connectivity index (χ4v) is 4.50. The molecule has 1 heterocycles. The first-order valence-corrected chi connectivity index (χ1v) is 12.1. The summed E-state index contributed by atoms with van der Waals surface area (Å²) in [6.45, 7) is 8.25. The van der Waals surface area contributed by atoms with Crippen molar-refractivity contribution in [2.45, 2.75) is 84.0 Å². The second-order valence-electron chi connectivity index (χ2n) is 9.32. The van der Waals surface area contributed by atoms with Gasteiger partial charge in [0.1, 0.15) is 6.29 Å². The highest BCUT2D eigenvalue weighted by Gasteiger charge is 2.37. The lowest BCUT2D eigenvalue weighted by Crippen LogP contribution is -2.53. The zero-order chi connectivity index (χ0) is 25.1. The number of hydrogen-bond donors (Lipinski definition) is 2. The molecular weight excluding hydrogens is 424 g/mol. The quantitative estimate of drug-likeness (QED) is 0.371. The van der Waals surface area contributed by atoms with E-state index in [9.17, 15) is 19.2 Å². The molecule has 1 aliphatic heterocycles. The van der Waals surface area contributed by atoms with Gasteiger partial charge in [-0.15, -0.1) is 0 Å². The van der Waals surface area contributed by atoms with Crippen molar-refractivity contribution in [1.29, 1.82) is 0 Å². The van der Waals surface area contributed by atoms with E-state index < -0.39 is 12.1 Å². The number of nitrogens with one attached hydrogen (secondary N) is 2. The molecule has 1 saturated heterocycles. The lowest BCUT2D eigenvalue weighted by atomic mass is 9.90. The van der Waals surface area contributed by atoms with Crippen molar-refractivity contribution in [2.24, 2.45) is 11.8 Å². The fourth-order valence-electron chi connectivity index (χ4n) is 4.50. The van der Waals surface area contributed by atoms with Gasteiger partial charge in [0.05, 0.1) is 31.2 Å². The topological polar surface area (TPSA) is 108 Å². The summed E-state index contributed by atoms with van der Waals surface area (Å²) < 4.78 is 5.76. The van der Waals surface area contributed by atoms with Crippen LogP contribution in [-0.4, -0.2) is 92.3 Å². The molecule has 0 spiro atoms. The van der Waals surface area contributed by atoms with Crippen LogP contribution in [0.4, 0.5) is 0 Å². The zero-order valence-corrected chi connectivity index (χ0v) is 21.4. The first-order valence-electron chi connectivity index (χ1n) is 12.1. The molecule has 0 aliphatic carbocycles. The minimum Gasteiger partial charge on any atom is -0.379 e. The molecule has 1 rings (SSSR count). The average molecular weight is 469 g/mol. The van der Waals surface area contributed by atoms with Crippen molar-refractivity contribution in [3.05, 3.63) is 0 Å². The minimum absolute atomic E-state index is 0.00671. The lowest BCUT2D eigenvalue weighted by Gasteiger charge is -2.38. The Morgan fingerprint density at radius 3 is 2.45 bits per heavy atom. The number of amides is 3. The summed E-state index contributed by atoms with van der Waals surface area (Å²) in [6.07, 6.45) is 3.94. The molecule has 2 N–H and O–H groups in total. The van der Waals surface area contributed by atoms with Crippen molar-refractivity contribution in [1.82, 2.24) is 20.4 Å². The highest BCUT2D eigenvalue weighted by Crippen LogP contribution is 2.27. The van der Waals surface area contributed by atoms with Gasteiger partial charge < -0.3 is 30.0 Å². The Bertz CT molecular complexity index is 659. The van der Waals surface area contributed by atoms with Gasteiger partial charge in [0.15, 0.2) is 0 Å². The summed E-state index contributed by atoms with van der Waals surface area (Å²) >= 11 is 0. The molecule has 190 valence electrons. The molecule has 0 bridgehead atoms. The number of likely N-dealkylation sites (N-methyl/N-ethyl adjacent to an activating group) is 2. The van der Waals surface area contributed by atoms with Crippen LogP contribution >= 0.6 is 0 Å². The standard InChI is InChI=1S/C24H44N4O5/c1-8-17(3)23(27(6)22(31)14-26-24(32)18(4)25-5)20(33-7)13-21(30)28-11-9-10-19(28)12-16(2)15-29/h15-20,23,25H,8-14H2,1-7H3,(H,26,32). The van der Waals surface area contributed by atoms with E-state index >= 15 is 0 Å². The number of aldehydes is 1. The molecule has 9 heteroatoms. The Morgan fingerprint density at radius 2 is 1.91 bits per heavy atom. The van der Waals surface area contributed by atoms with Crippen LogP contribution in [0.3, 0.4) is 0 Å². The van der Waals surface area contributed by atoms with E-state index in [1.807, 2.05) is 25.7 Å². The molecule has 3 amide bonds. The highest BCUT2D eigenvalue weighted by atomic mass is 16.5. The van der Waals surface area contributed by atoms with Gasteiger partial charge in [-0.3, -0.25) is 14.4 Å². The maximum absolute atomic E-state index is 13.2. The number of methoxy groups -OCH3 is 1. The molecule has 33 heavy (non-hydrogen) atoms. The van der Waals surface area contributed by atoms with E-state index in [1.54, 1.807) is 33.0 Å². The number of ether oxygens (including phenoxy) is 1. The molecule has 0 aromatic rings. The minimum atomic E-state index is -0.474. The Balaban J connectivity index is 2.90. The second-order valence-corrected chi connectivity index (χ2v) is 9.32. The Morgan fingerprint density at radius 1 is 1.24 bits per heavy atom. The summed E-state index contributed by atoms with van der Waals surface area (Å²) in [4.78, 5) is 52.7. The smallest absolute Gasteiger partial charge is 0.242 e. The van der Waals surface area contributed by atoms with Gasteiger partial charge in [0, 0.05) is 32.7 Å². The van der Waals surface area contributed by atoms with Crippen molar-refractivity contribution < 1.29 is 23.9 Å². The van der Waals surface area contributed by atoms with Crippen LogP contribution in [0.2, 0.25) is 0 Å².